The van der Waals surface area contributed by atoms with Crippen molar-refractivity contribution in [3.05, 3.63) is 46.6 Å². The Kier molecular flexibility index (Phi) is 11.0. The molecule has 15 atom stereocenters. The van der Waals surface area contributed by atoms with Gasteiger partial charge in [-0.25, -0.2) is 0 Å². The maximum atomic E-state index is 14.0. The average molecular weight is 739 g/mol. The number of hydrogen-bond acceptors (Lipinski definition) is 18. The second-order valence-electron chi connectivity index (χ2n) is 13.4. The number of aliphatic hydroxyl groups excluding tert-OH is 9. The third-order valence-corrected chi connectivity index (χ3v) is 9.75. The van der Waals surface area contributed by atoms with Crippen LogP contribution in [0.25, 0.3) is 22.3 Å². The Morgan fingerprint density at radius 3 is 2.10 bits per heavy atom. The predicted octanol–water partition coefficient (Wildman–Crippen LogP) is -2.23. The van der Waals surface area contributed by atoms with Gasteiger partial charge in [0.15, 0.2) is 18.2 Å². The van der Waals surface area contributed by atoms with Gasteiger partial charge in [-0.2, -0.15) is 0 Å². The molecule has 0 spiro atoms. The SMILES string of the molecule is C[C@@H]1C[C@@H](Oc2c(-c3ccc(O)cc3)oc3cc(O[C@@H]4O[C@@H](C)[C@H](O)[C@@H](O)[C@H]4O[C@@H]4O[C@H](CO)[C@@H](O)[C@H](O)[C@H]4O)cc(O)c3c2=O)[C@H](O)[C@H](O)[C@H]1O. The molecule has 1 aromatic heterocycles. The van der Waals surface area contributed by atoms with Gasteiger partial charge in [0.05, 0.1) is 18.8 Å². The van der Waals surface area contributed by atoms with Crippen LogP contribution in [0.5, 0.6) is 23.0 Å². The standard InChI is InChI=1S/C34H42O18/c1-11-7-18(23(40)26(43)21(11)38)50-31-25(42)20-16(37)8-15(9-17(20)49-30(31)13-3-5-14(36)6-4-13)48-34-32(28(45)22(39)12(2)47-34)52-33-29(46)27(44)24(41)19(10-35)51-33/h3-6,8-9,11-12,18-19,21-24,26-29,32-41,43-46H,7,10H2,1-2H3/t11-,12+,18-,19-,21+,22+,23+,24-,26-,27+,28-,29-,32-,33+,34+/m1/s1. The van der Waals surface area contributed by atoms with E-state index in [1.165, 1.54) is 37.3 Å². The van der Waals surface area contributed by atoms with Gasteiger partial charge in [-0.15, -0.1) is 0 Å². The molecular weight excluding hydrogens is 696 g/mol. The van der Waals surface area contributed by atoms with E-state index in [1.54, 1.807) is 6.92 Å². The quantitative estimate of drug-likeness (QED) is 0.117. The molecule has 2 aliphatic heterocycles. The third-order valence-electron chi connectivity index (χ3n) is 9.75. The first-order valence-electron chi connectivity index (χ1n) is 16.6. The highest BCUT2D eigenvalue weighted by Gasteiger charge is 2.51. The zero-order valence-corrected chi connectivity index (χ0v) is 27.8. The van der Waals surface area contributed by atoms with Crippen molar-refractivity contribution in [3.8, 4) is 34.3 Å². The summed E-state index contributed by atoms with van der Waals surface area (Å²) < 4.78 is 34.9. The van der Waals surface area contributed by atoms with E-state index in [0.717, 1.165) is 6.07 Å². The van der Waals surface area contributed by atoms with E-state index in [1.807, 2.05) is 0 Å². The van der Waals surface area contributed by atoms with Crippen LogP contribution >= 0.6 is 0 Å². The van der Waals surface area contributed by atoms with Crippen molar-refractivity contribution in [1.82, 2.24) is 0 Å². The molecule has 11 N–H and O–H groups in total. The largest absolute Gasteiger partial charge is 0.508 e. The molecular formula is C34H42O18. The number of phenols is 2. The molecule has 6 rings (SSSR count). The van der Waals surface area contributed by atoms with Crippen molar-refractivity contribution < 1.29 is 84.3 Å². The first-order valence-corrected chi connectivity index (χ1v) is 16.6. The van der Waals surface area contributed by atoms with E-state index in [9.17, 15) is 61.0 Å². The number of aromatic hydroxyl groups is 2. The summed E-state index contributed by atoms with van der Waals surface area (Å²) >= 11 is 0. The molecule has 52 heavy (non-hydrogen) atoms. The number of rotatable bonds is 8. The van der Waals surface area contributed by atoms with Crippen molar-refractivity contribution >= 4 is 11.0 Å². The van der Waals surface area contributed by atoms with Crippen molar-refractivity contribution in [2.75, 3.05) is 6.61 Å². The van der Waals surface area contributed by atoms with Gasteiger partial charge in [0.25, 0.3) is 0 Å². The molecule has 18 heteroatoms. The average Bonchev–Trinajstić information content (AvgIpc) is 3.11. The van der Waals surface area contributed by atoms with Gasteiger partial charge >= 0.3 is 0 Å². The summed E-state index contributed by atoms with van der Waals surface area (Å²) in [5, 5.41) is 114. The number of ether oxygens (including phenoxy) is 5. The summed E-state index contributed by atoms with van der Waals surface area (Å²) in [4.78, 5) is 14.0. The first kappa shape index (κ1) is 38.1. The van der Waals surface area contributed by atoms with Crippen molar-refractivity contribution in [2.45, 2.75) is 106 Å². The summed E-state index contributed by atoms with van der Waals surface area (Å²) in [7, 11) is 0. The maximum Gasteiger partial charge on any atom is 0.239 e. The van der Waals surface area contributed by atoms with Gasteiger partial charge in [0, 0.05) is 17.7 Å². The van der Waals surface area contributed by atoms with E-state index in [2.05, 4.69) is 0 Å². The fraction of sp³-hybridized carbons (Fsp3) is 0.559. The molecule has 3 heterocycles. The second kappa shape index (κ2) is 15.0. The number of aliphatic hydroxyl groups is 9. The van der Waals surface area contributed by atoms with Crippen LogP contribution in [-0.4, -0.2) is 149 Å². The third kappa shape index (κ3) is 7.05. The van der Waals surface area contributed by atoms with Crippen LogP contribution in [0.2, 0.25) is 0 Å². The minimum atomic E-state index is -1.87. The molecule has 2 aromatic carbocycles. The Labute approximate surface area is 294 Å². The highest BCUT2D eigenvalue weighted by atomic mass is 16.8. The van der Waals surface area contributed by atoms with Crippen LogP contribution in [0.1, 0.15) is 20.3 Å². The van der Waals surface area contributed by atoms with Gasteiger partial charge in [0.2, 0.25) is 17.5 Å². The van der Waals surface area contributed by atoms with Crippen LogP contribution in [0.15, 0.2) is 45.6 Å². The van der Waals surface area contributed by atoms with Gasteiger partial charge in [-0.1, -0.05) is 6.92 Å². The summed E-state index contributed by atoms with van der Waals surface area (Å²) in [5.41, 5.74) is -0.913. The fourth-order valence-corrected chi connectivity index (χ4v) is 6.62. The molecule has 0 amide bonds. The van der Waals surface area contributed by atoms with Gasteiger partial charge in [-0.05, 0) is 43.5 Å². The minimum Gasteiger partial charge on any atom is -0.508 e. The smallest absolute Gasteiger partial charge is 0.239 e. The second-order valence-corrected chi connectivity index (χ2v) is 13.4. The number of benzene rings is 2. The number of fused-ring (bicyclic) bond motifs is 1. The molecule has 3 fully saturated rings. The number of phenolic OH excluding ortho intramolecular Hbond substituents is 2. The lowest BCUT2D eigenvalue weighted by Gasteiger charge is -2.45. The Morgan fingerprint density at radius 2 is 1.42 bits per heavy atom. The molecule has 0 radical (unpaired) electrons. The van der Waals surface area contributed by atoms with E-state index in [0.29, 0.717) is 0 Å². The highest BCUT2D eigenvalue weighted by molar-refractivity contribution is 5.88. The summed E-state index contributed by atoms with van der Waals surface area (Å²) in [6.45, 7) is 2.28. The number of hydrogen-bond donors (Lipinski definition) is 11. The zero-order valence-electron chi connectivity index (χ0n) is 27.8. The van der Waals surface area contributed by atoms with Crippen LogP contribution in [0.3, 0.4) is 0 Å². The van der Waals surface area contributed by atoms with E-state index < -0.39 is 115 Å². The minimum absolute atomic E-state index is 0.0391. The Hall–Kier alpha value is -3.63. The van der Waals surface area contributed by atoms with E-state index in [-0.39, 0.29) is 40.2 Å². The molecule has 1 aliphatic carbocycles. The zero-order chi connectivity index (χ0) is 37.8. The topological polar surface area (TPSA) is 299 Å². The monoisotopic (exact) mass is 738 g/mol. The molecule has 0 bridgehead atoms. The van der Waals surface area contributed by atoms with Gasteiger partial charge in [-0.3, -0.25) is 4.79 Å². The van der Waals surface area contributed by atoms with E-state index in [4.69, 9.17) is 28.1 Å². The predicted molar refractivity (Wildman–Crippen MR) is 173 cm³/mol. The maximum absolute atomic E-state index is 14.0. The van der Waals surface area contributed by atoms with Crippen LogP contribution in [-0.2, 0) is 14.2 Å². The molecule has 3 aromatic rings. The first-order chi connectivity index (χ1) is 24.6. The Balaban J connectivity index is 1.37. The molecule has 2 saturated heterocycles. The Morgan fingerprint density at radius 1 is 0.750 bits per heavy atom. The van der Waals surface area contributed by atoms with Crippen LogP contribution < -0.4 is 14.9 Å². The van der Waals surface area contributed by atoms with Gasteiger partial charge in [0.1, 0.15) is 83.2 Å². The lowest BCUT2D eigenvalue weighted by molar-refractivity contribution is -0.355. The van der Waals surface area contributed by atoms with Crippen LogP contribution in [0, 0.1) is 5.92 Å². The fourth-order valence-electron chi connectivity index (χ4n) is 6.62. The summed E-state index contributed by atoms with van der Waals surface area (Å²) in [5.74, 6) is -2.16. The highest BCUT2D eigenvalue weighted by Crippen LogP contribution is 2.39. The lowest BCUT2D eigenvalue weighted by atomic mass is 9.82. The van der Waals surface area contributed by atoms with Crippen LogP contribution in [0.4, 0.5) is 0 Å². The normalized spacial score (nSPS) is 38.2. The summed E-state index contributed by atoms with van der Waals surface area (Å²) in [6, 6.07) is 7.66. The molecule has 3 aliphatic rings. The molecule has 1 saturated carbocycles. The van der Waals surface area contributed by atoms with Crippen molar-refractivity contribution in [3.63, 3.8) is 0 Å². The van der Waals surface area contributed by atoms with Crippen molar-refractivity contribution in [1.29, 1.82) is 0 Å². The summed E-state index contributed by atoms with van der Waals surface area (Å²) in [6.07, 6.45) is -21.7. The Bertz CT molecular complexity index is 1760. The van der Waals surface area contributed by atoms with E-state index >= 15 is 0 Å². The van der Waals surface area contributed by atoms with Crippen molar-refractivity contribution in [2.24, 2.45) is 5.92 Å². The molecule has 286 valence electrons. The molecule has 18 nitrogen and oxygen atoms in total. The lowest BCUT2D eigenvalue weighted by Crippen LogP contribution is -2.64. The molecule has 0 unspecified atom stereocenters. The van der Waals surface area contributed by atoms with Gasteiger partial charge < -0.3 is 84.3 Å².